The van der Waals surface area contributed by atoms with E-state index in [1.165, 1.54) is 49.7 Å². The predicted molar refractivity (Wildman–Crippen MR) is 85.0 cm³/mol. The van der Waals surface area contributed by atoms with Gasteiger partial charge in [-0.05, 0) is 49.9 Å². The molecule has 2 rings (SSSR count). The molecule has 0 spiro atoms. The molecular weight excluding hydrogens is 246 g/mol. The third kappa shape index (κ3) is 5.64. The maximum Gasteiger partial charge on any atom is 0.0720 e. The highest BCUT2D eigenvalue weighted by Crippen LogP contribution is 2.21. The molecule has 1 aromatic carbocycles. The predicted octanol–water partition coefficient (Wildman–Crippen LogP) is 4.08. The topological polar surface area (TPSA) is 21.3 Å². The second-order valence-corrected chi connectivity index (χ2v) is 5.89. The van der Waals surface area contributed by atoms with Gasteiger partial charge in [0, 0.05) is 0 Å². The van der Waals surface area contributed by atoms with Crippen LogP contribution in [0.4, 0.5) is 0 Å². The van der Waals surface area contributed by atoms with E-state index in [0.717, 1.165) is 26.1 Å². The highest BCUT2D eigenvalue weighted by Gasteiger charge is 2.13. The normalized spacial score (nSPS) is 16.4. The fraction of sp³-hybridized carbons (Fsp3) is 0.667. The Kier molecular flexibility index (Phi) is 7.10. The van der Waals surface area contributed by atoms with Crippen LogP contribution in [0.1, 0.15) is 56.6 Å². The Labute approximate surface area is 123 Å². The molecule has 20 heavy (non-hydrogen) atoms. The van der Waals surface area contributed by atoms with Gasteiger partial charge in [-0.25, -0.2) is 0 Å². The number of ether oxygens (including phenoxy) is 1. The Morgan fingerprint density at radius 2 is 1.70 bits per heavy atom. The van der Waals surface area contributed by atoms with E-state index in [1.54, 1.807) is 0 Å². The first-order valence-electron chi connectivity index (χ1n) is 8.28. The zero-order valence-electron chi connectivity index (χ0n) is 12.9. The standard InChI is InChI=1S/C18H29NO/c1-2-13-19-14-12-16-8-10-17(11-9-16)15-20-18-6-4-3-5-7-18/h8-11,18-19H,2-7,12-15H2,1H3. The van der Waals surface area contributed by atoms with Gasteiger partial charge in [-0.3, -0.25) is 0 Å². The van der Waals surface area contributed by atoms with Gasteiger partial charge in [0.05, 0.1) is 12.7 Å². The molecule has 1 aromatic rings. The van der Waals surface area contributed by atoms with Crippen LogP contribution in [-0.2, 0) is 17.8 Å². The van der Waals surface area contributed by atoms with E-state index in [4.69, 9.17) is 4.74 Å². The van der Waals surface area contributed by atoms with E-state index in [0.29, 0.717) is 6.10 Å². The van der Waals surface area contributed by atoms with Crippen molar-refractivity contribution in [1.29, 1.82) is 0 Å². The SMILES string of the molecule is CCCNCCc1ccc(COC2CCCCC2)cc1. The Morgan fingerprint density at radius 1 is 1.00 bits per heavy atom. The molecule has 2 heteroatoms. The van der Waals surface area contributed by atoms with Crippen LogP contribution >= 0.6 is 0 Å². The lowest BCUT2D eigenvalue weighted by Gasteiger charge is -2.22. The minimum atomic E-state index is 0.502. The van der Waals surface area contributed by atoms with Crippen molar-refractivity contribution >= 4 is 0 Å². The van der Waals surface area contributed by atoms with Crippen LogP contribution in [0.25, 0.3) is 0 Å². The van der Waals surface area contributed by atoms with Gasteiger partial charge in [0.25, 0.3) is 0 Å². The Balaban J connectivity index is 1.68. The summed E-state index contributed by atoms with van der Waals surface area (Å²) in [5.41, 5.74) is 2.72. The fourth-order valence-corrected chi connectivity index (χ4v) is 2.78. The van der Waals surface area contributed by atoms with Crippen molar-refractivity contribution in [3.05, 3.63) is 35.4 Å². The minimum absolute atomic E-state index is 0.502. The molecular formula is C18H29NO. The minimum Gasteiger partial charge on any atom is -0.374 e. The number of hydrogen-bond acceptors (Lipinski definition) is 2. The maximum absolute atomic E-state index is 6.01. The lowest BCUT2D eigenvalue weighted by Crippen LogP contribution is -2.17. The summed E-state index contributed by atoms with van der Waals surface area (Å²) in [6.45, 7) is 5.17. The molecule has 0 aliphatic heterocycles. The molecule has 0 radical (unpaired) electrons. The van der Waals surface area contributed by atoms with E-state index in [9.17, 15) is 0 Å². The van der Waals surface area contributed by atoms with Gasteiger partial charge in [0.1, 0.15) is 0 Å². The summed E-state index contributed by atoms with van der Waals surface area (Å²) >= 11 is 0. The van der Waals surface area contributed by atoms with Crippen LogP contribution < -0.4 is 5.32 Å². The highest BCUT2D eigenvalue weighted by molar-refractivity contribution is 5.22. The van der Waals surface area contributed by atoms with Crippen molar-refractivity contribution in [2.75, 3.05) is 13.1 Å². The molecule has 2 nitrogen and oxygen atoms in total. The third-order valence-electron chi connectivity index (χ3n) is 4.08. The molecule has 1 aliphatic carbocycles. The molecule has 0 heterocycles. The van der Waals surface area contributed by atoms with Gasteiger partial charge in [-0.2, -0.15) is 0 Å². The first kappa shape index (κ1) is 15.5. The lowest BCUT2D eigenvalue weighted by atomic mass is 9.98. The molecule has 112 valence electrons. The smallest absolute Gasteiger partial charge is 0.0720 e. The second-order valence-electron chi connectivity index (χ2n) is 5.89. The van der Waals surface area contributed by atoms with Gasteiger partial charge in [-0.15, -0.1) is 0 Å². The number of rotatable bonds is 8. The van der Waals surface area contributed by atoms with Gasteiger partial charge in [0.2, 0.25) is 0 Å². The largest absolute Gasteiger partial charge is 0.374 e. The Hall–Kier alpha value is -0.860. The quantitative estimate of drug-likeness (QED) is 0.722. The fourth-order valence-electron chi connectivity index (χ4n) is 2.78. The second kappa shape index (κ2) is 9.15. The van der Waals surface area contributed by atoms with Crippen LogP contribution in [0.3, 0.4) is 0 Å². The molecule has 0 aromatic heterocycles. The molecule has 1 N–H and O–H groups in total. The van der Waals surface area contributed by atoms with Crippen LogP contribution in [0, 0.1) is 0 Å². The van der Waals surface area contributed by atoms with Gasteiger partial charge in [0.15, 0.2) is 0 Å². The maximum atomic E-state index is 6.01. The Morgan fingerprint density at radius 3 is 2.40 bits per heavy atom. The first-order valence-corrected chi connectivity index (χ1v) is 8.28. The monoisotopic (exact) mass is 275 g/mol. The van der Waals surface area contributed by atoms with E-state index in [1.807, 2.05) is 0 Å². The molecule has 0 bridgehead atoms. The van der Waals surface area contributed by atoms with E-state index in [-0.39, 0.29) is 0 Å². The van der Waals surface area contributed by atoms with Crippen molar-refractivity contribution in [3.8, 4) is 0 Å². The average Bonchev–Trinajstić information content (AvgIpc) is 2.52. The third-order valence-corrected chi connectivity index (χ3v) is 4.08. The Bertz CT molecular complexity index is 354. The average molecular weight is 275 g/mol. The van der Waals surface area contributed by atoms with Crippen LogP contribution in [0.5, 0.6) is 0 Å². The molecule has 1 aliphatic rings. The van der Waals surface area contributed by atoms with Crippen molar-refractivity contribution in [2.45, 2.75) is 64.6 Å². The molecule has 0 amide bonds. The van der Waals surface area contributed by atoms with Crippen molar-refractivity contribution in [1.82, 2.24) is 5.32 Å². The summed E-state index contributed by atoms with van der Waals surface area (Å²) < 4.78 is 6.01. The number of hydrogen-bond donors (Lipinski definition) is 1. The summed E-state index contributed by atoms with van der Waals surface area (Å²) in [6.07, 6.45) is 9.40. The molecule has 1 fully saturated rings. The van der Waals surface area contributed by atoms with Crippen LogP contribution in [-0.4, -0.2) is 19.2 Å². The van der Waals surface area contributed by atoms with Crippen LogP contribution in [0.15, 0.2) is 24.3 Å². The molecule has 0 unspecified atom stereocenters. The molecule has 0 atom stereocenters. The lowest BCUT2D eigenvalue weighted by molar-refractivity contribution is 0.0169. The first-order chi connectivity index (χ1) is 9.88. The molecule has 1 saturated carbocycles. The van der Waals surface area contributed by atoms with Gasteiger partial charge in [-0.1, -0.05) is 50.5 Å². The summed E-state index contributed by atoms with van der Waals surface area (Å²) in [5.74, 6) is 0. The zero-order valence-corrected chi connectivity index (χ0v) is 12.9. The van der Waals surface area contributed by atoms with Crippen molar-refractivity contribution in [2.24, 2.45) is 0 Å². The number of benzene rings is 1. The number of nitrogens with one attached hydrogen (secondary N) is 1. The summed E-state index contributed by atoms with van der Waals surface area (Å²) in [6, 6.07) is 8.93. The molecule has 0 saturated heterocycles. The van der Waals surface area contributed by atoms with Crippen LogP contribution in [0.2, 0.25) is 0 Å². The van der Waals surface area contributed by atoms with Gasteiger partial charge < -0.3 is 10.1 Å². The van der Waals surface area contributed by atoms with E-state index in [2.05, 4.69) is 36.5 Å². The van der Waals surface area contributed by atoms with Crippen molar-refractivity contribution in [3.63, 3.8) is 0 Å². The summed E-state index contributed by atoms with van der Waals surface area (Å²) in [7, 11) is 0. The van der Waals surface area contributed by atoms with E-state index < -0.39 is 0 Å². The van der Waals surface area contributed by atoms with E-state index >= 15 is 0 Å². The summed E-state index contributed by atoms with van der Waals surface area (Å²) in [5, 5.41) is 3.44. The summed E-state index contributed by atoms with van der Waals surface area (Å²) in [4.78, 5) is 0. The zero-order chi connectivity index (χ0) is 14.0. The van der Waals surface area contributed by atoms with Gasteiger partial charge >= 0.3 is 0 Å². The highest BCUT2D eigenvalue weighted by atomic mass is 16.5. The van der Waals surface area contributed by atoms with Crippen molar-refractivity contribution < 1.29 is 4.74 Å².